The summed E-state index contributed by atoms with van der Waals surface area (Å²) < 4.78 is 6.38. The molecule has 106 valence electrons. The van der Waals surface area contributed by atoms with Gasteiger partial charge in [0.25, 0.3) is 0 Å². The molecule has 0 heterocycles. The minimum atomic E-state index is 0.755. The van der Waals surface area contributed by atoms with E-state index in [1.165, 1.54) is 5.56 Å². The molecule has 1 aromatic rings. The molecule has 0 aliphatic heterocycles. The molecule has 0 bridgehead atoms. The number of hydrogen-bond donors (Lipinski definition) is 2. The van der Waals surface area contributed by atoms with Crippen LogP contribution in [0.25, 0.3) is 0 Å². The van der Waals surface area contributed by atoms with E-state index < -0.39 is 0 Å². The van der Waals surface area contributed by atoms with Crippen molar-refractivity contribution in [3.8, 4) is 0 Å². The Morgan fingerprint density at radius 1 is 1.37 bits per heavy atom. The molecular formula is C14H22BrN3O. The summed E-state index contributed by atoms with van der Waals surface area (Å²) in [4.78, 5) is 4.19. The maximum Gasteiger partial charge on any atom is 0.191 e. The van der Waals surface area contributed by atoms with E-state index in [0.29, 0.717) is 0 Å². The highest BCUT2D eigenvalue weighted by molar-refractivity contribution is 9.10. The molecule has 0 saturated carbocycles. The Morgan fingerprint density at radius 2 is 2.21 bits per heavy atom. The lowest BCUT2D eigenvalue weighted by Gasteiger charge is -2.12. The average Bonchev–Trinajstić information content (AvgIpc) is 2.42. The maximum absolute atomic E-state index is 5.29. The minimum Gasteiger partial charge on any atom is -0.382 e. The molecule has 0 spiro atoms. The van der Waals surface area contributed by atoms with Gasteiger partial charge in [0.1, 0.15) is 0 Å². The second-order valence-corrected chi connectivity index (χ2v) is 4.95. The van der Waals surface area contributed by atoms with Gasteiger partial charge in [-0.1, -0.05) is 28.1 Å². The van der Waals surface area contributed by atoms with Gasteiger partial charge in [0.2, 0.25) is 0 Å². The number of guanidine groups is 1. The van der Waals surface area contributed by atoms with E-state index in [1.807, 2.05) is 19.1 Å². The predicted octanol–water partition coefficient (Wildman–Crippen LogP) is 2.54. The molecule has 1 rings (SSSR count). The first-order valence-corrected chi connectivity index (χ1v) is 7.32. The molecule has 0 amide bonds. The van der Waals surface area contributed by atoms with Gasteiger partial charge in [-0.05, 0) is 31.0 Å². The summed E-state index contributed by atoms with van der Waals surface area (Å²) in [6.07, 6.45) is 0.978. The van der Waals surface area contributed by atoms with Crippen LogP contribution in [-0.4, -0.2) is 32.8 Å². The molecule has 0 fully saturated rings. The normalized spacial score (nSPS) is 11.4. The molecule has 0 aliphatic carbocycles. The average molecular weight is 328 g/mol. The number of halogens is 1. The van der Waals surface area contributed by atoms with Crippen LogP contribution in [0.3, 0.4) is 0 Å². The fraction of sp³-hybridized carbons (Fsp3) is 0.500. The zero-order valence-electron chi connectivity index (χ0n) is 11.6. The molecule has 2 N–H and O–H groups in total. The number of nitrogens with zero attached hydrogens (tertiary/aromatic N) is 1. The molecule has 4 nitrogen and oxygen atoms in total. The van der Waals surface area contributed by atoms with Crippen molar-refractivity contribution in [1.82, 2.24) is 10.6 Å². The van der Waals surface area contributed by atoms with E-state index in [4.69, 9.17) is 4.74 Å². The topological polar surface area (TPSA) is 45.6 Å². The van der Waals surface area contributed by atoms with Gasteiger partial charge in [0, 0.05) is 37.8 Å². The maximum atomic E-state index is 5.29. The lowest BCUT2D eigenvalue weighted by atomic mass is 10.2. The first kappa shape index (κ1) is 16.0. The van der Waals surface area contributed by atoms with Crippen molar-refractivity contribution in [2.24, 2.45) is 4.99 Å². The number of hydrogen-bond acceptors (Lipinski definition) is 2. The SMILES string of the molecule is CCOCCCNC(=NC)NCc1cccc(Br)c1. The quantitative estimate of drug-likeness (QED) is 0.459. The lowest BCUT2D eigenvalue weighted by molar-refractivity contribution is 0.145. The summed E-state index contributed by atoms with van der Waals surface area (Å²) in [7, 11) is 1.78. The van der Waals surface area contributed by atoms with E-state index in [9.17, 15) is 0 Å². The Balaban J connectivity index is 2.25. The Hall–Kier alpha value is -1.07. The largest absolute Gasteiger partial charge is 0.382 e. The molecule has 0 saturated heterocycles. The predicted molar refractivity (Wildman–Crippen MR) is 83.5 cm³/mol. The smallest absolute Gasteiger partial charge is 0.191 e. The second-order valence-electron chi connectivity index (χ2n) is 4.03. The Morgan fingerprint density at radius 3 is 2.89 bits per heavy atom. The Kier molecular flexibility index (Phi) is 8.25. The van der Waals surface area contributed by atoms with Crippen LogP contribution in [-0.2, 0) is 11.3 Å². The zero-order valence-corrected chi connectivity index (χ0v) is 13.2. The van der Waals surface area contributed by atoms with Crippen LogP contribution in [0.1, 0.15) is 18.9 Å². The zero-order chi connectivity index (χ0) is 13.9. The van der Waals surface area contributed by atoms with Crippen molar-refractivity contribution in [2.75, 3.05) is 26.8 Å². The van der Waals surface area contributed by atoms with E-state index in [1.54, 1.807) is 7.05 Å². The van der Waals surface area contributed by atoms with Crippen LogP contribution in [0.2, 0.25) is 0 Å². The molecule has 0 aliphatic rings. The van der Waals surface area contributed by atoms with Gasteiger partial charge in [0.15, 0.2) is 5.96 Å². The lowest BCUT2D eigenvalue weighted by Crippen LogP contribution is -2.37. The third-order valence-corrected chi connectivity index (χ3v) is 3.03. The number of aliphatic imine (C=N–C) groups is 1. The minimum absolute atomic E-state index is 0.755. The number of benzene rings is 1. The van der Waals surface area contributed by atoms with Crippen LogP contribution in [0.15, 0.2) is 33.7 Å². The first-order chi connectivity index (χ1) is 9.26. The van der Waals surface area contributed by atoms with E-state index in [-0.39, 0.29) is 0 Å². The summed E-state index contributed by atoms with van der Waals surface area (Å²) >= 11 is 3.46. The van der Waals surface area contributed by atoms with Crippen molar-refractivity contribution in [3.63, 3.8) is 0 Å². The van der Waals surface area contributed by atoms with Gasteiger partial charge in [0.05, 0.1) is 0 Å². The fourth-order valence-electron chi connectivity index (χ4n) is 1.58. The van der Waals surface area contributed by atoms with Crippen LogP contribution < -0.4 is 10.6 Å². The van der Waals surface area contributed by atoms with Crippen molar-refractivity contribution < 1.29 is 4.74 Å². The van der Waals surface area contributed by atoms with Crippen LogP contribution in [0, 0.1) is 0 Å². The molecule has 5 heteroatoms. The summed E-state index contributed by atoms with van der Waals surface area (Å²) in [6.45, 7) is 5.18. The van der Waals surface area contributed by atoms with Gasteiger partial charge >= 0.3 is 0 Å². The summed E-state index contributed by atoms with van der Waals surface area (Å²) in [6, 6.07) is 8.22. The van der Waals surface area contributed by atoms with Gasteiger partial charge in [-0.3, -0.25) is 4.99 Å². The summed E-state index contributed by atoms with van der Waals surface area (Å²) in [5, 5.41) is 6.54. The van der Waals surface area contributed by atoms with Crippen molar-refractivity contribution >= 4 is 21.9 Å². The van der Waals surface area contributed by atoms with E-state index in [2.05, 4.69) is 43.7 Å². The summed E-state index contributed by atoms with van der Waals surface area (Å²) in [5.41, 5.74) is 1.21. The Labute approximate surface area is 123 Å². The third kappa shape index (κ3) is 7.18. The molecule has 0 unspecified atom stereocenters. The molecule has 1 aromatic carbocycles. The first-order valence-electron chi connectivity index (χ1n) is 6.53. The monoisotopic (exact) mass is 327 g/mol. The fourth-order valence-corrected chi connectivity index (χ4v) is 2.03. The molecule has 0 aromatic heterocycles. The van der Waals surface area contributed by atoms with Crippen molar-refractivity contribution in [3.05, 3.63) is 34.3 Å². The van der Waals surface area contributed by atoms with Gasteiger partial charge in [-0.2, -0.15) is 0 Å². The van der Waals surface area contributed by atoms with E-state index >= 15 is 0 Å². The molecule has 0 radical (unpaired) electrons. The second kappa shape index (κ2) is 9.81. The summed E-state index contributed by atoms with van der Waals surface area (Å²) in [5.74, 6) is 0.816. The van der Waals surface area contributed by atoms with Crippen LogP contribution >= 0.6 is 15.9 Å². The Bertz CT molecular complexity index is 396. The highest BCUT2D eigenvalue weighted by atomic mass is 79.9. The van der Waals surface area contributed by atoms with Crippen LogP contribution in [0.4, 0.5) is 0 Å². The van der Waals surface area contributed by atoms with Crippen LogP contribution in [0.5, 0.6) is 0 Å². The van der Waals surface area contributed by atoms with Gasteiger partial charge in [-0.15, -0.1) is 0 Å². The number of rotatable bonds is 7. The van der Waals surface area contributed by atoms with Gasteiger partial charge < -0.3 is 15.4 Å². The highest BCUT2D eigenvalue weighted by Gasteiger charge is 1.98. The standard InChI is InChI=1S/C14H22BrN3O/c1-3-19-9-5-8-17-14(16-2)18-11-12-6-4-7-13(15)10-12/h4,6-7,10H,3,5,8-9,11H2,1-2H3,(H2,16,17,18). The molecular weight excluding hydrogens is 306 g/mol. The van der Waals surface area contributed by atoms with Crippen molar-refractivity contribution in [2.45, 2.75) is 19.9 Å². The molecule has 0 atom stereocenters. The molecule has 19 heavy (non-hydrogen) atoms. The van der Waals surface area contributed by atoms with Gasteiger partial charge in [-0.25, -0.2) is 0 Å². The number of ether oxygens (including phenoxy) is 1. The van der Waals surface area contributed by atoms with Crippen molar-refractivity contribution in [1.29, 1.82) is 0 Å². The van der Waals surface area contributed by atoms with E-state index in [0.717, 1.165) is 43.2 Å². The third-order valence-electron chi connectivity index (χ3n) is 2.53. The number of nitrogens with one attached hydrogen (secondary N) is 2. The highest BCUT2D eigenvalue weighted by Crippen LogP contribution is 2.11.